The first-order valence-corrected chi connectivity index (χ1v) is 7.13. The maximum absolute atomic E-state index is 12.3. The van der Waals surface area contributed by atoms with Crippen molar-refractivity contribution in [3.63, 3.8) is 0 Å². The van der Waals surface area contributed by atoms with Gasteiger partial charge in [0.1, 0.15) is 5.75 Å². The Balaban J connectivity index is 1.58. The number of rotatable bonds is 3. The second-order valence-corrected chi connectivity index (χ2v) is 5.38. The molecule has 106 valence electrons. The molecule has 0 aliphatic carbocycles. The molecule has 2 heterocycles. The summed E-state index contributed by atoms with van der Waals surface area (Å²) in [6.45, 7) is 0.558. The number of fused-ring (bicyclic) bond motifs is 2. The summed E-state index contributed by atoms with van der Waals surface area (Å²) in [5.74, 6) is 0.833. The van der Waals surface area contributed by atoms with Crippen LogP contribution >= 0.6 is 0 Å². The van der Waals surface area contributed by atoms with E-state index in [4.69, 9.17) is 4.74 Å². The summed E-state index contributed by atoms with van der Waals surface area (Å²) < 4.78 is 5.12. The highest BCUT2D eigenvalue weighted by Crippen LogP contribution is 2.31. The van der Waals surface area contributed by atoms with Crippen LogP contribution in [0, 0.1) is 0 Å². The third kappa shape index (κ3) is 2.50. The molecule has 3 rings (SSSR count). The Morgan fingerprint density at radius 1 is 1.35 bits per heavy atom. The zero-order chi connectivity index (χ0) is 13.9. The van der Waals surface area contributed by atoms with Gasteiger partial charge in [0.25, 0.3) is 0 Å². The smallest absolute Gasteiger partial charge is 0.318 e. The third-order valence-corrected chi connectivity index (χ3v) is 4.15. The number of nitrogens with one attached hydrogen (secondary N) is 1. The molecule has 2 aliphatic rings. The Bertz CT molecular complexity index is 510. The van der Waals surface area contributed by atoms with Crippen molar-refractivity contribution in [3.8, 4) is 5.75 Å². The van der Waals surface area contributed by atoms with Gasteiger partial charge in [-0.15, -0.1) is 0 Å². The molecule has 2 bridgehead atoms. The molecular weight excluding hydrogens is 252 g/mol. The van der Waals surface area contributed by atoms with Crippen molar-refractivity contribution < 1.29 is 9.53 Å². The molecule has 1 saturated heterocycles. The number of hydrogen-bond donors (Lipinski definition) is 1. The molecule has 0 spiro atoms. The quantitative estimate of drug-likeness (QED) is 0.860. The van der Waals surface area contributed by atoms with E-state index >= 15 is 0 Å². The molecule has 20 heavy (non-hydrogen) atoms. The molecule has 0 unspecified atom stereocenters. The highest BCUT2D eigenvalue weighted by Gasteiger charge is 2.36. The molecule has 1 aromatic rings. The monoisotopic (exact) mass is 272 g/mol. The fourth-order valence-corrected chi connectivity index (χ4v) is 3.05. The number of benzene rings is 1. The summed E-state index contributed by atoms with van der Waals surface area (Å²) in [6.07, 6.45) is 7.57. The molecule has 1 N–H and O–H groups in total. The molecule has 4 nitrogen and oxygen atoms in total. The number of urea groups is 1. The number of ether oxygens (including phenoxy) is 1. The van der Waals surface area contributed by atoms with Gasteiger partial charge in [-0.1, -0.05) is 24.3 Å². The van der Waals surface area contributed by atoms with Gasteiger partial charge in [-0.05, 0) is 37.0 Å². The summed E-state index contributed by atoms with van der Waals surface area (Å²) in [5.41, 5.74) is 1.08. The Labute approximate surface area is 119 Å². The Kier molecular flexibility index (Phi) is 3.63. The zero-order valence-electron chi connectivity index (χ0n) is 11.7. The van der Waals surface area contributed by atoms with Crippen LogP contribution in [-0.2, 0) is 6.54 Å². The van der Waals surface area contributed by atoms with E-state index in [1.807, 2.05) is 29.2 Å². The molecule has 2 atom stereocenters. The van der Waals surface area contributed by atoms with Crippen LogP contribution in [0.25, 0.3) is 0 Å². The number of carbonyl (C=O) groups excluding carboxylic acids is 1. The molecule has 0 saturated carbocycles. The van der Waals surface area contributed by atoms with E-state index in [1.54, 1.807) is 7.11 Å². The van der Waals surface area contributed by atoms with Crippen molar-refractivity contribution in [3.05, 3.63) is 42.0 Å². The normalized spacial score (nSPS) is 23.8. The minimum absolute atomic E-state index is 0.0534. The first-order valence-electron chi connectivity index (χ1n) is 7.13. The van der Waals surface area contributed by atoms with Crippen LogP contribution in [0.3, 0.4) is 0 Å². The highest BCUT2D eigenvalue weighted by atomic mass is 16.5. The van der Waals surface area contributed by atoms with Crippen molar-refractivity contribution in [1.82, 2.24) is 10.2 Å². The van der Waals surface area contributed by atoms with E-state index in [0.717, 1.165) is 30.6 Å². The summed E-state index contributed by atoms with van der Waals surface area (Å²) in [4.78, 5) is 14.3. The highest BCUT2D eigenvalue weighted by molar-refractivity contribution is 5.76. The van der Waals surface area contributed by atoms with Crippen molar-refractivity contribution in [2.45, 2.75) is 37.9 Å². The fraction of sp³-hybridized carbons (Fsp3) is 0.438. The second kappa shape index (κ2) is 5.57. The minimum atomic E-state index is 0.0534. The van der Waals surface area contributed by atoms with Crippen LogP contribution in [0.15, 0.2) is 36.4 Å². The number of carbonyl (C=O) groups is 1. The van der Waals surface area contributed by atoms with Crippen molar-refractivity contribution >= 4 is 6.03 Å². The third-order valence-electron chi connectivity index (χ3n) is 4.15. The number of methoxy groups -OCH3 is 1. The van der Waals surface area contributed by atoms with Crippen LogP contribution in [-0.4, -0.2) is 30.1 Å². The van der Waals surface area contributed by atoms with Gasteiger partial charge < -0.3 is 15.0 Å². The summed E-state index contributed by atoms with van der Waals surface area (Å²) in [6, 6.07) is 8.51. The maximum atomic E-state index is 12.3. The van der Waals surface area contributed by atoms with E-state index in [-0.39, 0.29) is 6.03 Å². The van der Waals surface area contributed by atoms with E-state index in [2.05, 4.69) is 17.5 Å². The van der Waals surface area contributed by atoms with Crippen LogP contribution in [0.4, 0.5) is 4.79 Å². The van der Waals surface area contributed by atoms with Gasteiger partial charge in [0.15, 0.2) is 0 Å². The van der Waals surface area contributed by atoms with Crippen molar-refractivity contribution in [2.75, 3.05) is 7.11 Å². The van der Waals surface area contributed by atoms with Gasteiger partial charge in [-0.2, -0.15) is 0 Å². The lowest BCUT2D eigenvalue weighted by Crippen LogP contribution is -2.47. The maximum Gasteiger partial charge on any atom is 0.318 e. The number of hydrogen-bond acceptors (Lipinski definition) is 2. The van der Waals surface area contributed by atoms with E-state index < -0.39 is 0 Å². The van der Waals surface area contributed by atoms with Crippen LogP contribution in [0.5, 0.6) is 5.75 Å². The summed E-state index contributed by atoms with van der Waals surface area (Å²) >= 11 is 0. The molecule has 1 fully saturated rings. The molecule has 2 aliphatic heterocycles. The lowest BCUT2D eigenvalue weighted by Gasteiger charge is -2.31. The Hall–Kier alpha value is -1.97. The van der Waals surface area contributed by atoms with E-state index in [1.165, 1.54) is 0 Å². The average Bonchev–Trinajstić information content (AvgIpc) is 2.75. The lowest BCUT2D eigenvalue weighted by atomic mass is 10.1. The van der Waals surface area contributed by atoms with Crippen LogP contribution in [0.1, 0.15) is 24.8 Å². The number of amides is 2. The fourth-order valence-electron chi connectivity index (χ4n) is 3.05. The topological polar surface area (TPSA) is 41.6 Å². The van der Waals surface area contributed by atoms with Gasteiger partial charge in [-0.3, -0.25) is 0 Å². The minimum Gasteiger partial charge on any atom is -0.497 e. The largest absolute Gasteiger partial charge is 0.497 e. The lowest BCUT2D eigenvalue weighted by molar-refractivity contribution is 0.178. The van der Waals surface area contributed by atoms with Crippen molar-refractivity contribution in [2.24, 2.45) is 0 Å². The first kappa shape index (κ1) is 13.0. The van der Waals surface area contributed by atoms with Gasteiger partial charge in [0.2, 0.25) is 0 Å². The molecule has 4 heteroatoms. The van der Waals surface area contributed by atoms with Gasteiger partial charge in [-0.25, -0.2) is 4.79 Å². The standard InChI is InChI=1S/C16H20N2O2/c1-20-15-9-5-12(6-10-15)11-17-16(19)18-13-3-2-4-14(18)8-7-13/h2-3,5-6,9-10,13-14H,4,7-8,11H2,1H3,(H,17,19)/t13-,14-/m0/s1. The molecule has 0 aromatic heterocycles. The molecule has 2 amide bonds. The second-order valence-electron chi connectivity index (χ2n) is 5.38. The Morgan fingerprint density at radius 3 is 2.85 bits per heavy atom. The van der Waals surface area contributed by atoms with Crippen LogP contribution < -0.4 is 10.1 Å². The number of nitrogens with zero attached hydrogens (tertiary/aromatic N) is 1. The summed E-state index contributed by atoms with van der Waals surface area (Å²) in [5, 5.41) is 3.02. The Morgan fingerprint density at radius 2 is 2.15 bits per heavy atom. The van der Waals surface area contributed by atoms with Gasteiger partial charge >= 0.3 is 6.03 Å². The summed E-state index contributed by atoms with van der Waals surface area (Å²) in [7, 11) is 1.65. The van der Waals surface area contributed by atoms with E-state index in [9.17, 15) is 4.79 Å². The van der Waals surface area contributed by atoms with Gasteiger partial charge in [0.05, 0.1) is 13.2 Å². The molecular formula is C16H20N2O2. The van der Waals surface area contributed by atoms with Gasteiger partial charge in [0, 0.05) is 12.6 Å². The molecule has 1 aromatic carbocycles. The van der Waals surface area contributed by atoms with E-state index in [0.29, 0.717) is 18.6 Å². The SMILES string of the molecule is COc1ccc(CNC(=O)N2[C@H]3CC=C[C@H]2CC3)cc1. The first-order chi connectivity index (χ1) is 9.78. The average molecular weight is 272 g/mol. The van der Waals surface area contributed by atoms with Crippen LogP contribution in [0.2, 0.25) is 0 Å². The molecule has 0 radical (unpaired) electrons. The zero-order valence-corrected chi connectivity index (χ0v) is 11.7. The predicted molar refractivity (Wildman–Crippen MR) is 77.6 cm³/mol. The van der Waals surface area contributed by atoms with Crippen molar-refractivity contribution in [1.29, 1.82) is 0 Å². The predicted octanol–water partition coefficient (Wildman–Crippen LogP) is 2.70.